The van der Waals surface area contributed by atoms with Crippen molar-refractivity contribution in [1.82, 2.24) is 0 Å². The van der Waals surface area contributed by atoms with Crippen LogP contribution in [-0.2, 0) is 4.79 Å². The van der Waals surface area contributed by atoms with Crippen LogP contribution in [0.5, 0.6) is 0 Å². The molecule has 0 spiro atoms. The molecule has 0 aliphatic heterocycles. The van der Waals surface area contributed by atoms with Gasteiger partial charge in [0.15, 0.2) is 5.05 Å². The Morgan fingerprint density at radius 1 is 1.30 bits per heavy atom. The van der Waals surface area contributed by atoms with E-state index in [1.807, 2.05) is 0 Å². The minimum atomic E-state index is -0.860. The maximum absolute atomic E-state index is 9.91. The average Bonchev–Trinajstić information content (AvgIpc) is 1.79. The minimum absolute atomic E-state index is 0.0350. The highest BCUT2D eigenvalue weighted by Gasteiger charge is 1.97. The Kier molecular flexibility index (Phi) is 5.85. The summed E-state index contributed by atoms with van der Waals surface area (Å²) >= 11 is 4.35. The smallest absolute Gasteiger partial charge is 0.314 e. The molecule has 0 aromatic heterocycles. The molecule has 0 radical (unpaired) electrons. The predicted molar refractivity (Wildman–Crippen MR) is 47.8 cm³/mol. The number of rotatable bonds is 5. The van der Waals surface area contributed by atoms with E-state index in [4.69, 9.17) is 10.2 Å². The highest BCUT2D eigenvalue weighted by atomic mass is 33.1. The lowest BCUT2D eigenvalue weighted by Crippen LogP contribution is -1.98. The maximum atomic E-state index is 9.91. The van der Waals surface area contributed by atoms with Crippen LogP contribution in [0, 0.1) is 0 Å². The standard InChI is InChI=1S/C4H6O3S3/c5-3(6)1-9-10-2-4(7)8/h1-2H2,(H,5,6)(H,7,8). The van der Waals surface area contributed by atoms with Crippen molar-refractivity contribution in [3.8, 4) is 0 Å². The summed E-state index contributed by atoms with van der Waals surface area (Å²) in [5, 5.41) is 16.5. The second-order valence-electron chi connectivity index (χ2n) is 1.31. The highest BCUT2D eigenvalue weighted by molar-refractivity contribution is 8.77. The van der Waals surface area contributed by atoms with Gasteiger partial charge in [-0.15, -0.1) is 0 Å². The maximum Gasteiger partial charge on any atom is 0.314 e. The average molecular weight is 198 g/mol. The molecule has 0 rings (SSSR count). The molecular formula is C4H6O3S3. The van der Waals surface area contributed by atoms with Crippen molar-refractivity contribution >= 4 is 44.8 Å². The molecule has 0 fully saturated rings. The second kappa shape index (κ2) is 5.82. The van der Waals surface area contributed by atoms with E-state index >= 15 is 0 Å². The fourth-order valence-corrected chi connectivity index (χ4v) is 2.09. The summed E-state index contributed by atoms with van der Waals surface area (Å²) in [5.41, 5.74) is 0. The normalized spacial score (nSPS) is 9.20. The Hall–Kier alpha value is 0.0600. The van der Waals surface area contributed by atoms with Crippen LogP contribution < -0.4 is 0 Å². The quantitative estimate of drug-likeness (QED) is 0.395. The number of aliphatic hydroxyl groups excluding tert-OH is 1. The minimum Gasteiger partial charge on any atom is -0.501 e. The third-order valence-electron chi connectivity index (χ3n) is 0.448. The molecule has 0 heterocycles. The van der Waals surface area contributed by atoms with Crippen LogP contribution in [-0.4, -0.2) is 32.7 Å². The third kappa shape index (κ3) is 8.06. The van der Waals surface area contributed by atoms with Crippen molar-refractivity contribution in [1.29, 1.82) is 0 Å². The highest BCUT2D eigenvalue weighted by Crippen LogP contribution is 2.20. The summed E-state index contributed by atoms with van der Waals surface area (Å²) in [4.78, 5) is 9.91. The van der Waals surface area contributed by atoms with Gasteiger partial charge in [0, 0.05) is 0 Å². The van der Waals surface area contributed by atoms with E-state index in [0.717, 1.165) is 10.8 Å². The Bertz CT molecular complexity index is 120. The molecule has 0 aliphatic carbocycles. The van der Waals surface area contributed by atoms with E-state index in [1.165, 1.54) is 10.8 Å². The number of aliphatic hydroxyl groups is 1. The van der Waals surface area contributed by atoms with Crippen molar-refractivity contribution < 1.29 is 15.0 Å². The van der Waals surface area contributed by atoms with Crippen molar-refractivity contribution in [2.75, 3.05) is 11.5 Å². The lowest BCUT2D eigenvalue weighted by atomic mass is 10.8. The van der Waals surface area contributed by atoms with Crippen molar-refractivity contribution in [3.05, 3.63) is 0 Å². The molecule has 6 heteroatoms. The summed E-state index contributed by atoms with van der Waals surface area (Å²) in [6.07, 6.45) is 0. The first-order valence-electron chi connectivity index (χ1n) is 2.31. The Morgan fingerprint density at radius 2 is 1.80 bits per heavy atom. The summed E-state index contributed by atoms with van der Waals surface area (Å²) in [5.74, 6) is -0.512. The topological polar surface area (TPSA) is 57.5 Å². The zero-order chi connectivity index (χ0) is 7.98. The number of carbonyl (C=O) groups is 1. The zero-order valence-electron chi connectivity index (χ0n) is 4.94. The monoisotopic (exact) mass is 198 g/mol. The Morgan fingerprint density at radius 3 is 2.20 bits per heavy atom. The first kappa shape index (κ1) is 10.1. The number of carboxylic acids is 1. The Labute approximate surface area is 71.6 Å². The van der Waals surface area contributed by atoms with E-state index in [-0.39, 0.29) is 10.8 Å². The van der Waals surface area contributed by atoms with Crippen LogP contribution in [0.4, 0.5) is 0 Å². The molecule has 10 heavy (non-hydrogen) atoms. The van der Waals surface area contributed by atoms with Crippen LogP contribution >= 0.6 is 33.8 Å². The van der Waals surface area contributed by atoms with E-state index in [2.05, 4.69) is 12.2 Å². The molecule has 0 bridgehead atoms. The van der Waals surface area contributed by atoms with Crippen molar-refractivity contribution in [2.45, 2.75) is 0 Å². The van der Waals surface area contributed by atoms with Gasteiger partial charge >= 0.3 is 5.97 Å². The first-order chi connectivity index (χ1) is 4.63. The molecule has 0 saturated carbocycles. The number of hydrogen-bond donors (Lipinski definition) is 2. The molecule has 3 nitrogen and oxygen atoms in total. The molecule has 2 N–H and O–H groups in total. The van der Waals surface area contributed by atoms with Crippen LogP contribution in [0.25, 0.3) is 0 Å². The van der Waals surface area contributed by atoms with E-state index in [1.54, 1.807) is 0 Å². The lowest BCUT2D eigenvalue weighted by Gasteiger charge is -1.93. The summed E-state index contributed by atoms with van der Waals surface area (Å²) < 4.78 is 0. The molecule has 0 saturated heterocycles. The van der Waals surface area contributed by atoms with E-state index in [0.29, 0.717) is 5.75 Å². The number of thiocarbonyl (C=S) groups is 1. The summed E-state index contributed by atoms with van der Waals surface area (Å²) in [6, 6.07) is 0. The van der Waals surface area contributed by atoms with Gasteiger partial charge in [-0.2, -0.15) is 0 Å². The molecule has 0 amide bonds. The van der Waals surface area contributed by atoms with Gasteiger partial charge in [-0.05, 0) is 12.2 Å². The van der Waals surface area contributed by atoms with Gasteiger partial charge in [0.25, 0.3) is 0 Å². The van der Waals surface area contributed by atoms with Gasteiger partial charge < -0.3 is 10.2 Å². The predicted octanol–water partition coefficient (Wildman–Crippen LogP) is 1.34. The summed E-state index contributed by atoms with van der Waals surface area (Å²) in [6.45, 7) is 0. The van der Waals surface area contributed by atoms with Crippen molar-refractivity contribution in [2.24, 2.45) is 0 Å². The van der Waals surface area contributed by atoms with Gasteiger partial charge in [-0.3, -0.25) is 4.79 Å². The summed E-state index contributed by atoms with van der Waals surface area (Å²) in [7, 11) is 2.39. The SMILES string of the molecule is O=C(O)CSSCC(O)=S. The number of carboxylic acid groups (broad SMARTS) is 1. The Balaban J connectivity index is 3.06. The van der Waals surface area contributed by atoms with Crippen molar-refractivity contribution in [3.63, 3.8) is 0 Å². The third-order valence-corrected chi connectivity index (χ3v) is 2.91. The number of aliphatic carboxylic acids is 1. The lowest BCUT2D eigenvalue weighted by molar-refractivity contribution is -0.133. The van der Waals surface area contributed by atoms with Gasteiger partial charge in [-0.1, -0.05) is 21.6 Å². The van der Waals surface area contributed by atoms with Crippen LogP contribution in [0.1, 0.15) is 0 Å². The molecule has 58 valence electrons. The van der Waals surface area contributed by atoms with Gasteiger partial charge in [0.05, 0.1) is 5.75 Å². The van der Waals surface area contributed by atoms with E-state index in [9.17, 15) is 4.79 Å². The fourth-order valence-electron chi connectivity index (χ4n) is 0.184. The fraction of sp³-hybridized carbons (Fsp3) is 0.500. The molecule has 0 aromatic rings. The molecule has 0 aliphatic rings. The van der Waals surface area contributed by atoms with Gasteiger partial charge in [0.1, 0.15) is 5.75 Å². The van der Waals surface area contributed by atoms with Gasteiger partial charge in [0.2, 0.25) is 0 Å². The van der Waals surface area contributed by atoms with Crippen LogP contribution in [0.15, 0.2) is 0 Å². The second-order valence-corrected chi connectivity index (χ2v) is 4.25. The molecule has 0 aromatic carbocycles. The molecule has 0 unspecified atom stereocenters. The van der Waals surface area contributed by atoms with Gasteiger partial charge in [-0.25, -0.2) is 0 Å². The first-order valence-corrected chi connectivity index (χ1v) is 5.20. The van der Waals surface area contributed by atoms with Crippen LogP contribution in [0.3, 0.4) is 0 Å². The zero-order valence-corrected chi connectivity index (χ0v) is 7.39. The largest absolute Gasteiger partial charge is 0.501 e. The van der Waals surface area contributed by atoms with E-state index < -0.39 is 5.97 Å². The molecular weight excluding hydrogens is 192 g/mol. The molecule has 0 atom stereocenters. The number of hydrogen-bond acceptors (Lipinski definition) is 4. The van der Waals surface area contributed by atoms with Crippen LogP contribution in [0.2, 0.25) is 0 Å².